The average molecular weight is 1410 g/mol. The van der Waals surface area contributed by atoms with Crippen molar-refractivity contribution in [1.82, 2.24) is 78.8 Å². The lowest BCUT2D eigenvalue weighted by molar-refractivity contribution is -0.141. The van der Waals surface area contributed by atoms with Crippen molar-refractivity contribution in [3.8, 4) is 0 Å². The van der Waals surface area contributed by atoms with Crippen LogP contribution in [0.3, 0.4) is 0 Å². The Bertz CT molecular complexity index is 3320. The molecule has 41 heteroatoms. The number of guanidine groups is 2. The molecule has 0 aliphatic rings. The lowest BCUT2D eigenvalue weighted by atomic mass is 10.0. The van der Waals surface area contributed by atoms with Crippen LogP contribution in [0.2, 0.25) is 0 Å². The number of H-pyrrole nitrogens is 2. The molecule has 0 aliphatic carbocycles. The Hall–Kier alpha value is -11.2. The minimum atomic E-state index is -1.80. The fourth-order valence-electron chi connectivity index (χ4n) is 9.52. The van der Waals surface area contributed by atoms with E-state index in [9.17, 15) is 77.3 Å². The van der Waals surface area contributed by atoms with Gasteiger partial charge in [0.15, 0.2) is 11.9 Å². The molecule has 0 radical (unpaired) electrons. The Morgan fingerprint density at radius 1 is 0.520 bits per heavy atom. The molecule has 41 nitrogen and oxygen atoms in total. The number of primary amides is 2. The van der Waals surface area contributed by atoms with Crippen LogP contribution in [0.15, 0.2) is 53.0 Å². The maximum Gasteiger partial charge on any atom is 0.325 e. The minimum Gasteiger partial charge on any atom is -0.480 e. The Morgan fingerprint density at radius 3 is 1.53 bits per heavy atom. The van der Waals surface area contributed by atoms with E-state index in [1.54, 1.807) is 30.5 Å². The minimum absolute atomic E-state index is 0.000172. The molecule has 2 heterocycles. The monoisotopic (exact) mass is 1410 g/mol. The number of amides is 14. The first-order valence-corrected chi connectivity index (χ1v) is 31.9. The number of aliphatic hydroxyl groups is 1. The molecule has 0 aliphatic heterocycles. The van der Waals surface area contributed by atoms with E-state index in [2.05, 4.69) is 88.7 Å². The molecule has 0 unspecified atom stereocenters. The molecule has 32 N–H and O–H groups in total. The van der Waals surface area contributed by atoms with Crippen LogP contribution < -0.4 is 110 Å². The molecule has 552 valence electrons. The summed E-state index contributed by atoms with van der Waals surface area (Å²) in [6.07, 6.45) is 3.75. The number of aromatic amines is 2. The first-order chi connectivity index (χ1) is 47.4. The molecule has 3 aromatic rings. The number of aromatic nitrogens is 3. The number of carboxylic acids is 1. The van der Waals surface area contributed by atoms with Crippen molar-refractivity contribution in [3.63, 3.8) is 0 Å². The fraction of sp³-hybridized carbons (Fsp3) is 0.542. The van der Waals surface area contributed by atoms with Gasteiger partial charge < -0.3 is 130 Å². The summed E-state index contributed by atoms with van der Waals surface area (Å²) < 4.78 is 0. The maximum atomic E-state index is 14.3. The number of nitrogens with two attached hydrogens (primary N) is 8. The van der Waals surface area contributed by atoms with Crippen molar-refractivity contribution in [2.24, 2.45) is 55.9 Å². The number of urea groups is 1. The summed E-state index contributed by atoms with van der Waals surface area (Å²) in [5.41, 5.74) is 45.9. The highest BCUT2D eigenvalue weighted by molar-refractivity contribution is 5.99. The number of para-hydroxylation sites is 1. The highest BCUT2D eigenvalue weighted by atomic mass is 16.4. The number of rotatable bonds is 47. The smallest absolute Gasteiger partial charge is 0.325 e. The molecule has 0 saturated carbocycles. The van der Waals surface area contributed by atoms with Crippen LogP contribution in [0.1, 0.15) is 95.7 Å². The number of hydrogen-bond donors (Lipinski definition) is 24. The van der Waals surface area contributed by atoms with E-state index in [0.717, 1.165) is 0 Å². The third-order valence-electron chi connectivity index (χ3n) is 14.9. The Morgan fingerprint density at radius 2 is 1.00 bits per heavy atom. The molecule has 0 spiro atoms. The fourth-order valence-corrected chi connectivity index (χ4v) is 9.52. The number of hydrogen-bond acceptors (Lipinski definition) is 20. The molecule has 3 rings (SSSR count). The quantitative estimate of drug-likeness (QED) is 0.0142. The largest absolute Gasteiger partial charge is 0.480 e. The lowest BCUT2D eigenvalue weighted by Gasteiger charge is -2.26. The molecular formula is C59H95N25O16. The van der Waals surface area contributed by atoms with Gasteiger partial charge in [0.05, 0.1) is 32.1 Å². The van der Waals surface area contributed by atoms with Crippen molar-refractivity contribution in [2.75, 3.05) is 45.9 Å². The molecule has 0 fully saturated rings. The number of carbonyl (C=O) groups excluding carboxylic acids is 13. The zero-order valence-corrected chi connectivity index (χ0v) is 55.5. The average Bonchev–Trinajstić information content (AvgIpc) is 1.66. The van der Waals surface area contributed by atoms with Crippen LogP contribution in [0, 0.1) is 0 Å². The predicted molar refractivity (Wildman–Crippen MR) is 360 cm³/mol. The van der Waals surface area contributed by atoms with Crippen molar-refractivity contribution >= 4 is 106 Å². The molecule has 1 aromatic carbocycles. The van der Waals surface area contributed by atoms with Gasteiger partial charge in [0, 0.05) is 67.9 Å². The van der Waals surface area contributed by atoms with Gasteiger partial charge in [0.1, 0.15) is 54.4 Å². The van der Waals surface area contributed by atoms with Crippen LogP contribution >= 0.6 is 0 Å². The van der Waals surface area contributed by atoms with Gasteiger partial charge in [-0.05, 0) is 96.2 Å². The van der Waals surface area contributed by atoms with Crippen molar-refractivity contribution < 1.29 is 77.3 Å². The van der Waals surface area contributed by atoms with Gasteiger partial charge >= 0.3 is 12.0 Å². The van der Waals surface area contributed by atoms with Crippen LogP contribution in [0.25, 0.3) is 10.9 Å². The van der Waals surface area contributed by atoms with Crippen LogP contribution in [-0.4, -0.2) is 226 Å². The van der Waals surface area contributed by atoms with E-state index < -0.39 is 163 Å². The predicted octanol–water partition coefficient (Wildman–Crippen LogP) is -9.33. The van der Waals surface area contributed by atoms with Gasteiger partial charge in [-0.1, -0.05) is 18.2 Å². The van der Waals surface area contributed by atoms with E-state index in [0.29, 0.717) is 28.6 Å². The second-order valence-corrected chi connectivity index (χ2v) is 23.0. The van der Waals surface area contributed by atoms with Crippen LogP contribution in [-0.2, 0) is 75.2 Å². The summed E-state index contributed by atoms with van der Waals surface area (Å²) in [5.74, 6) is -13.1. The molecule has 0 saturated heterocycles. The third-order valence-corrected chi connectivity index (χ3v) is 14.9. The molecular weight excluding hydrogens is 1310 g/mol. The first kappa shape index (κ1) is 83.0. The number of aliphatic imine (C=N–C) groups is 2. The Balaban J connectivity index is 1.84. The van der Waals surface area contributed by atoms with E-state index in [1.165, 1.54) is 26.4 Å². The van der Waals surface area contributed by atoms with Gasteiger partial charge in [0.25, 0.3) is 0 Å². The standard InChI is InChI=1S/C59H95N25O16/c1-30(47(89)77-31(2)56(98)99)76-51(93)40(15-8-20-70-58(65)66)83-55(97)43(28-85)84-54(96)42(22-32-24-72-36-11-4-3-10-34(32)36)79-46(88)27-73-49(91)37(13-9-21-71-59(67)100)78-45(87)26-74-50(92)38(14-7-19-69-57(63)64)81-52(94)39(12-5-6-18-60)82-53(95)41(16-17-44(62)86)80-48(90)35(61)23-33-25-68-29-75-33/h3-4,10-11,24-25,29-31,35,37-43,72,85H,5-9,12-23,26-28,60-61H2,1-2H3,(H2,62,86)(H,68,75)(H,73,91)(H,74,92)(H,76,93)(H,77,89)(H,78,87)(H,79,88)(H,80,90)(H,81,94)(H,82,95)(H,83,97)(H,84,96)(H,98,99)(H4,63,64,69)(H4,65,66,70)(H3,67,71,100)/t30-,31-,35-,37-,38-,39-,40-,41-,42-,43-/m0/s1. The highest BCUT2D eigenvalue weighted by Crippen LogP contribution is 2.20. The second-order valence-electron chi connectivity index (χ2n) is 23.0. The number of aliphatic hydroxyl groups excluding tert-OH is 1. The summed E-state index contributed by atoms with van der Waals surface area (Å²) in [5, 5.41) is 49.4. The number of imidazole rings is 1. The number of unbranched alkanes of at least 4 members (excludes halogenated alkanes) is 1. The number of nitrogens with zero attached hydrogens (tertiary/aromatic N) is 3. The van der Waals surface area contributed by atoms with Crippen LogP contribution in [0.4, 0.5) is 4.79 Å². The number of carbonyl (C=O) groups is 14. The Labute approximate surface area is 573 Å². The summed E-state index contributed by atoms with van der Waals surface area (Å²) in [4.78, 5) is 203. The maximum absolute atomic E-state index is 14.3. The van der Waals surface area contributed by atoms with E-state index in [1.807, 2.05) is 0 Å². The molecule has 100 heavy (non-hydrogen) atoms. The van der Waals surface area contributed by atoms with E-state index in [-0.39, 0.29) is 115 Å². The molecule has 14 amide bonds. The van der Waals surface area contributed by atoms with Gasteiger partial charge in [-0.15, -0.1) is 0 Å². The highest BCUT2D eigenvalue weighted by Gasteiger charge is 2.34. The van der Waals surface area contributed by atoms with Gasteiger partial charge in [0.2, 0.25) is 70.9 Å². The summed E-state index contributed by atoms with van der Waals surface area (Å²) >= 11 is 0. The number of benzene rings is 1. The third kappa shape index (κ3) is 31.3. The van der Waals surface area contributed by atoms with Gasteiger partial charge in [-0.25, -0.2) is 9.78 Å². The van der Waals surface area contributed by atoms with Crippen molar-refractivity contribution in [2.45, 2.75) is 158 Å². The van der Waals surface area contributed by atoms with Crippen LogP contribution in [0.5, 0.6) is 0 Å². The summed E-state index contributed by atoms with van der Waals surface area (Å²) in [7, 11) is 0. The first-order valence-electron chi connectivity index (χ1n) is 31.9. The topological polar surface area (TPSA) is 701 Å². The molecule has 2 aromatic heterocycles. The van der Waals surface area contributed by atoms with Gasteiger partial charge in [-0.2, -0.15) is 0 Å². The number of nitrogens with one attached hydrogen (secondary N) is 14. The molecule has 10 atom stereocenters. The normalized spacial score (nSPS) is 13.9. The molecule has 0 bridgehead atoms. The second kappa shape index (κ2) is 43.8. The SMILES string of the molecule is C[C@H](NC(=O)[C@H](C)NC(=O)[C@H](CCCN=C(N)N)NC(=O)[C@H](CO)NC(=O)[C@H](Cc1c[nH]c2ccccc12)NC(=O)CNC(=O)[C@H](CCCNC(N)=O)NC(=O)CNC(=O)[C@H](CCCN=C(N)N)NC(=O)[C@H](CCCCN)NC(=O)[C@H](CCC(N)=O)NC(=O)[C@@H](N)Cc1cnc[nH]1)C(=O)O. The zero-order valence-electron chi connectivity index (χ0n) is 55.5. The number of carboxylic acid groups (broad SMARTS) is 1. The van der Waals surface area contributed by atoms with Crippen molar-refractivity contribution in [1.29, 1.82) is 0 Å². The van der Waals surface area contributed by atoms with Crippen molar-refractivity contribution in [3.05, 3.63) is 54.2 Å². The summed E-state index contributed by atoms with van der Waals surface area (Å²) in [6, 6.07) is -8.37. The summed E-state index contributed by atoms with van der Waals surface area (Å²) in [6.45, 7) is -0.228. The Kier molecular flexibility index (Phi) is 36.4. The number of aliphatic carboxylic acids is 1. The lowest BCUT2D eigenvalue weighted by Crippen LogP contribution is -2.59. The number of fused-ring (bicyclic) bond motifs is 1. The van der Waals surface area contributed by atoms with E-state index >= 15 is 0 Å². The van der Waals surface area contributed by atoms with Gasteiger partial charge in [-0.3, -0.25) is 72.3 Å². The zero-order chi connectivity index (χ0) is 74.4. The van der Waals surface area contributed by atoms with E-state index in [4.69, 9.17) is 45.9 Å².